The van der Waals surface area contributed by atoms with Crippen LogP contribution in [-0.4, -0.2) is 33.0 Å². The second kappa shape index (κ2) is 11.9. The molecule has 7 rings (SSSR count). The highest BCUT2D eigenvalue weighted by Crippen LogP contribution is 2.34. The highest BCUT2D eigenvalue weighted by atomic mass is 19.4. The fourth-order valence-electron chi connectivity index (χ4n) is 6.08. The lowest BCUT2D eigenvalue weighted by molar-refractivity contribution is -0.137. The van der Waals surface area contributed by atoms with E-state index in [0.29, 0.717) is 5.56 Å². The van der Waals surface area contributed by atoms with Gasteiger partial charge in [-0.2, -0.15) is 13.2 Å². The van der Waals surface area contributed by atoms with Crippen LogP contribution in [0, 0.1) is 0 Å². The summed E-state index contributed by atoms with van der Waals surface area (Å²) in [6, 6.07) is 22.0. The minimum absolute atomic E-state index is 0.253. The summed E-state index contributed by atoms with van der Waals surface area (Å²) in [4.78, 5) is 16.1. The Morgan fingerprint density at radius 2 is 1.14 bits per heavy atom. The molecule has 2 saturated heterocycles. The summed E-state index contributed by atoms with van der Waals surface area (Å²) in [7, 11) is 0. The van der Waals surface area contributed by atoms with Crippen molar-refractivity contribution in [2.75, 3.05) is 13.1 Å². The first-order valence-electron chi connectivity index (χ1n) is 15.1. The Hall–Kier alpha value is -4.47. The van der Waals surface area contributed by atoms with Crippen LogP contribution in [0.3, 0.4) is 0 Å². The van der Waals surface area contributed by atoms with Gasteiger partial charge in [-0.25, -0.2) is 9.97 Å². The van der Waals surface area contributed by atoms with Crippen LogP contribution in [0.2, 0.25) is 0 Å². The molecule has 2 atom stereocenters. The zero-order chi connectivity index (χ0) is 30.1. The molecular formula is C35H33F3N6. The van der Waals surface area contributed by atoms with Crippen LogP contribution in [0.1, 0.15) is 71.7 Å². The molecular weight excluding hydrogens is 561 g/mol. The predicted molar refractivity (Wildman–Crippen MR) is 166 cm³/mol. The van der Waals surface area contributed by atoms with Crippen molar-refractivity contribution in [3.8, 4) is 22.5 Å². The van der Waals surface area contributed by atoms with Crippen molar-refractivity contribution in [2.45, 2.75) is 43.9 Å². The number of nitrogens with one attached hydrogen (secondary N) is 4. The standard InChI is InChI=1S/C35H33F3N6/c36-35(37,38)27-15-13-24(14-16-27)28(23-9-11-26(12-10-23)32-21-42-34(44-32)30-4-2-18-40-30)19-22-5-7-25(8-6-22)31-20-41-33(43-31)29-3-1-17-39-29/h5-16,19-21,29-30,39-40H,1-4,17-18H2,(H,41,43)(H,42,44)/b28-19-/t29-,30-/m0/s1. The van der Waals surface area contributed by atoms with Crippen molar-refractivity contribution in [1.29, 1.82) is 0 Å². The van der Waals surface area contributed by atoms with Crippen molar-refractivity contribution in [1.82, 2.24) is 30.6 Å². The number of nitrogens with zero attached hydrogens (tertiary/aromatic N) is 2. The first-order valence-corrected chi connectivity index (χ1v) is 15.1. The maximum absolute atomic E-state index is 13.3. The molecule has 0 aliphatic carbocycles. The molecule has 2 aliphatic rings. The quantitative estimate of drug-likeness (QED) is 0.144. The topological polar surface area (TPSA) is 81.4 Å². The average molecular weight is 595 g/mol. The number of aromatic nitrogens is 4. The molecule has 0 bridgehead atoms. The van der Waals surface area contributed by atoms with E-state index in [-0.39, 0.29) is 12.1 Å². The van der Waals surface area contributed by atoms with Gasteiger partial charge in [0.1, 0.15) is 11.6 Å². The zero-order valence-electron chi connectivity index (χ0n) is 24.1. The van der Waals surface area contributed by atoms with Gasteiger partial charge in [0.15, 0.2) is 0 Å². The van der Waals surface area contributed by atoms with Crippen LogP contribution in [0.15, 0.2) is 85.2 Å². The predicted octanol–water partition coefficient (Wildman–Crippen LogP) is 7.92. The molecule has 2 aromatic heterocycles. The van der Waals surface area contributed by atoms with Crippen LogP contribution in [0.25, 0.3) is 34.2 Å². The van der Waals surface area contributed by atoms with Gasteiger partial charge in [0, 0.05) is 0 Å². The molecule has 0 unspecified atom stereocenters. The molecule has 6 nitrogen and oxygen atoms in total. The SMILES string of the molecule is FC(F)(F)c1ccc(/C(=C\c2ccc(-c3cnc([C@@H]4CCCN4)[nH]3)cc2)c2ccc(-c3cnc([C@@H]4CCCN4)[nH]3)cc2)cc1. The third-order valence-corrected chi connectivity index (χ3v) is 8.53. The largest absolute Gasteiger partial charge is 0.416 e. The lowest BCUT2D eigenvalue weighted by Crippen LogP contribution is -2.14. The molecule has 4 N–H and O–H groups in total. The Morgan fingerprint density at radius 1 is 0.659 bits per heavy atom. The molecule has 0 saturated carbocycles. The summed E-state index contributed by atoms with van der Waals surface area (Å²) in [5, 5.41) is 6.93. The minimum atomic E-state index is -4.39. The molecule has 224 valence electrons. The maximum atomic E-state index is 13.3. The summed E-state index contributed by atoms with van der Waals surface area (Å²) in [6.07, 6.45) is 5.76. The summed E-state index contributed by atoms with van der Waals surface area (Å²) >= 11 is 0. The van der Waals surface area contributed by atoms with Gasteiger partial charge in [0.05, 0.1) is 41.4 Å². The lowest BCUT2D eigenvalue weighted by Gasteiger charge is -2.12. The van der Waals surface area contributed by atoms with Gasteiger partial charge in [-0.15, -0.1) is 0 Å². The van der Waals surface area contributed by atoms with Crippen molar-refractivity contribution < 1.29 is 13.2 Å². The molecule has 0 spiro atoms. The molecule has 0 radical (unpaired) electrons. The Kier molecular flexibility index (Phi) is 7.66. The van der Waals surface area contributed by atoms with Crippen LogP contribution in [0.4, 0.5) is 13.2 Å². The highest BCUT2D eigenvalue weighted by Gasteiger charge is 2.30. The van der Waals surface area contributed by atoms with E-state index in [9.17, 15) is 13.2 Å². The molecule has 5 aromatic rings. The molecule has 0 amide bonds. The van der Waals surface area contributed by atoms with Gasteiger partial charge in [0.25, 0.3) is 0 Å². The van der Waals surface area contributed by atoms with E-state index < -0.39 is 11.7 Å². The van der Waals surface area contributed by atoms with Crippen LogP contribution in [-0.2, 0) is 6.18 Å². The number of aromatic amines is 2. The van der Waals surface area contributed by atoms with E-state index in [1.54, 1.807) is 0 Å². The van der Waals surface area contributed by atoms with Crippen molar-refractivity contribution >= 4 is 11.6 Å². The summed E-state index contributed by atoms with van der Waals surface area (Å²) < 4.78 is 40.0. The lowest BCUT2D eigenvalue weighted by atomic mass is 9.93. The van der Waals surface area contributed by atoms with Gasteiger partial charge < -0.3 is 20.6 Å². The molecule has 2 fully saturated rings. The second-order valence-corrected chi connectivity index (χ2v) is 11.5. The van der Waals surface area contributed by atoms with Crippen molar-refractivity contribution in [3.05, 3.63) is 119 Å². The van der Waals surface area contributed by atoms with Crippen molar-refractivity contribution in [2.24, 2.45) is 0 Å². The minimum Gasteiger partial charge on any atom is -0.341 e. The van der Waals surface area contributed by atoms with Crippen LogP contribution >= 0.6 is 0 Å². The third kappa shape index (κ3) is 5.98. The van der Waals surface area contributed by atoms with Gasteiger partial charge in [0.2, 0.25) is 0 Å². The fourth-order valence-corrected chi connectivity index (χ4v) is 6.08. The number of imidazole rings is 2. The summed E-state index contributed by atoms with van der Waals surface area (Å²) in [5.41, 5.74) is 6.60. The van der Waals surface area contributed by atoms with E-state index >= 15 is 0 Å². The average Bonchev–Trinajstić information content (AvgIpc) is 3.87. The van der Waals surface area contributed by atoms with Gasteiger partial charge in [-0.3, -0.25) is 0 Å². The molecule has 44 heavy (non-hydrogen) atoms. The van der Waals surface area contributed by atoms with Gasteiger partial charge in [-0.1, -0.05) is 60.7 Å². The Morgan fingerprint density at radius 3 is 1.59 bits per heavy atom. The first-order chi connectivity index (χ1) is 21.4. The number of halogens is 3. The van der Waals surface area contributed by atoms with Gasteiger partial charge in [-0.05, 0) is 90.4 Å². The molecule has 4 heterocycles. The van der Waals surface area contributed by atoms with E-state index in [2.05, 4.69) is 30.6 Å². The Bertz CT molecular complexity index is 1740. The van der Waals surface area contributed by atoms with E-state index in [0.717, 1.165) is 102 Å². The number of benzene rings is 3. The molecule has 9 heteroatoms. The smallest absolute Gasteiger partial charge is 0.341 e. The van der Waals surface area contributed by atoms with E-state index in [1.807, 2.05) is 67.0 Å². The second-order valence-electron chi connectivity index (χ2n) is 11.5. The summed E-state index contributed by atoms with van der Waals surface area (Å²) in [5.74, 6) is 1.90. The number of H-pyrrole nitrogens is 2. The number of hydrogen-bond acceptors (Lipinski definition) is 4. The molecule has 2 aliphatic heterocycles. The number of alkyl halides is 3. The van der Waals surface area contributed by atoms with Crippen molar-refractivity contribution in [3.63, 3.8) is 0 Å². The zero-order valence-corrected chi connectivity index (χ0v) is 24.1. The first kappa shape index (κ1) is 28.3. The Balaban J connectivity index is 1.18. The molecule has 3 aromatic carbocycles. The fraction of sp³-hybridized carbons (Fsp3) is 0.257. The van der Waals surface area contributed by atoms with Crippen LogP contribution < -0.4 is 10.6 Å². The van der Waals surface area contributed by atoms with Crippen LogP contribution in [0.5, 0.6) is 0 Å². The highest BCUT2D eigenvalue weighted by molar-refractivity contribution is 5.92. The number of rotatable bonds is 7. The monoisotopic (exact) mass is 594 g/mol. The van der Waals surface area contributed by atoms with E-state index in [4.69, 9.17) is 0 Å². The number of hydrogen-bond donors (Lipinski definition) is 4. The van der Waals surface area contributed by atoms with E-state index in [1.165, 1.54) is 12.1 Å². The Labute approximate surface area is 253 Å². The third-order valence-electron chi connectivity index (χ3n) is 8.53. The maximum Gasteiger partial charge on any atom is 0.416 e. The van der Waals surface area contributed by atoms with Gasteiger partial charge >= 0.3 is 6.18 Å². The summed E-state index contributed by atoms with van der Waals surface area (Å²) in [6.45, 7) is 2.01. The normalized spacial score (nSPS) is 19.1.